The maximum atomic E-state index is 4.16. The Hall–Kier alpha value is 0.852. The molecule has 1 fully saturated rings. The zero-order valence-corrected chi connectivity index (χ0v) is 13.2. The summed E-state index contributed by atoms with van der Waals surface area (Å²) in [6.07, 6.45) is 3.78. The third kappa shape index (κ3) is 3.84. The second-order valence-electron chi connectivity index (χ2n) is 3.43. The van der Waals surface area contributed by atoms with Gasteiger partial charge in [-0.05, 0) is 0 Å². The van der Waals surface area contributed by atoms with Gasteiger partial charge in [-0.2, -0.15) is 0 Å². The zero-order valence-electron chi connectivity index (χ0n) is 8.13. The standard InChI is InChI=1S/C9H18N2P.Pb/c1-9(7-10(2)8-12)11-5-3-4-6-11;/h1-8,12H2;. The molecule has 1 unspecified atom stereocenters. The van der Waals surface area contributed by atoms with Crippen LogP contribution >= 0.6 is 9.24 Å². The van der Waals surface area contributed by atoms with Crippen LogP contribution in [0.3, 0.4) is 0 Å². The van der Waals surface area contributed by atoms with E-state index in [4.69, 9.17) is 0 Å². The molecule has 1 atom stereocenters. The molecule has 1 aliphatic heterocycles. The van der Waals surface area contributed by atoms with E-state index in [1.807, 2.05) is 0 Å². The second kappa shape index (κ2) is 6.36. The fourth-order valence-corrected chi connectivity index (χ4v) is 3.77. The van der Waals surface area contributed by atoms with Gasteiger partial charge in [0.15, 0.2) is 0 Å². The quantitative estimate of drug-likeness (QED) is 0.506. The van der Waals surface area contributed by atoms with Crippen molar-refractivity contribution in [2.75, 3.05) is 30.0 Å². The Bertz CT molecular complexity index is 165. The van der Waals surface area contributed by atoms with Gasteiger partial charge < -0.3 is 0 Å². The first-order chi connectivity index (χ1) is 6.27. The van der Waals surface area contributed by atoms with Crippen LogP contribution < -0.4 is 0 Å². The van der Waals surface area contributed by atoms with Crippen molar-refractivity contribution in [3.63, 3.8) is 0 Å². The van der Waals surface area contributed by atoms with Crippen LogP contribution in [-0.2, 0) is 0 Å². The van der Waals surface area contributed by atoms with E-state index in [1.54, 1.807) is 0 Å². The van der Waals surface area contributed by atoms with E-state index in [0.29, 0.717) is 0 Å². The van der Waals surface area contributed by atoms with Crippen LogP contribution in [-0.4, -0.2) is 65.6 Å². The molecule has 3 radical (unpaired) electrons. The molecule has 13 heavy (non-hydrogen) atoms. The third-order valence-electron chi connectivity index (χ3n) is 2.44. The van der Waals surface area contributed by atoms with Gasteiger partial charge in [0.2, 0.25) is 0 Å². The molecule has 0 N–H and O–H groups in total. The van der Waals surface area contributed by atoms with Crippen LogP contribution in [0.5, 0.6) is 0 Å². The van der Waals surface area contributed by atoms with E-state index >= 15 is 0 Å². The van der Waals surface area contributed by atoms with Crippen LogP contribution in [0, 0.1) is 0 Å². The molecule has 0 aliphatic carbocycles. The molecule has 1 aliphatic rings. The van der Waals surface area contributed by atoms with Crippen LogP contribution in [0.1, 0.15) is 12.8 Å². The Morgan fingerprint density at radius 1 is 1.46 bits per heavy atom. The summed E-state index contributed by atoms with van der Waals surface area (Å²) >= 11 is 1.25. The third-order valence-corrected chi connectivity index (χ3v) is 4.70. The molecule has 4 heteroatoms. The SMILES string of the molecule is C=C(CN(CP)[CH2][Pb])N1CCCC1. The molecule has 1 rings (SSSR count). The van der Waals surface area contributed by atoms with E-state index in [1.165, 1.54) is 61.5 Å². The maximum absolute atomic E-state index is 4.16. The summed E-state index contributed by atoms with van der Waals surface area (Å²) in [5.74, 6) is 0. The number of hydrogen-bond acceptors (Lipinski definition) is 2. The average molecular weight is 392 g/mol. The van der Waals surface area contributed by atoms with Crippen LogP contribution in [0.4, 0.5) is 0 Å². The number of hydrogen-bond donors (Lipinski definition) is 0. The van der Waals surface area contributed by atoms with E-state index in [2.05, 4.69) is 25.6 Å². The Kier molecular flexibility index (Phi) is 5.83. The van der Waals surface area contributed by atoms with Gasteiger partial charge in [0.1, 0.15) is 0 Å². The molecule has 73 valence electrons. The molecule has 0 bridgehead atoms. The summed E-state index contributed by atoms with van der Waals surface area (Å²) in [5, 5.41) is 0. The molecule has 0 aromatic carbocycles. The normalized spacial score (nSPS) is 17.0. The topological polar surface area (TPSA) is 6.48 Å². The molecular weight excluding hydrogens is 374 g/mol. The first kappa shape index (κ1) is 11.9. The van der Waals surface area contributed by atoms with Gasteiger partial charge >= 0.3 is 99.9 Å². The Labute approximate surface area is 99.6 Å². The summed E-state index contributed by atoms with van der Waals surface area (Å²) in [6, 6.07) is 0. The molecule has 1 heterocycles. The Morgan fingerprint density at radius 3 is 2.54 bits per heavy atom. The molecule has 0 aromatic heterocycles. The molecule has 0 saturated carbocycles. The predicted octanol–water partition coefficient (Wildman–Crippen LogP) is 0.856. The van der Waals surface area contributed by atoms with Crippen molar-refractivity contribution >= 4 is 35.0 Å². The van der Waals surface area contributed by atoms with Crippen molar-refractivity contribution < 1.29 is 0 Å². The monoisotopic (exact) mass is 393 g/mol. The van der Waals surface area contributed by atoms with Gasteiger partial charge in [0.05, 0.1) is 0 Å². The summed E-state index contributed by atoms with van der Waals surface area (Å²) < 4.78 is 1.25. The van der Waals surface area contributed by atoms with Crippen molar-refractivity contribution in [2.24, 2.45) is 0 Å². The van der Waals surface area contributed by atoms with Crippen LogP contribution in [0.15, 0.2) is 12.3 Å². The molecule has 1 saturated heterocycles. The van der Waals surface area contributed by atoms with E-state index < -0.39 is 0 Å². The van der Waals surface area contributed by atoms with Gasteiger partial charge in [-0.25, -0.2) is 0 Å². The van der Waals surface area contributed by atoms with E-state index in [-0.39, 0.29) is 0 Å². The van der Waals surface area contributed by atoms with Crippen molar-refractivity contribution in [3.05, 3.63) is 12.3 Å². The fourth-order valence-electron chi connectivity index (χ4n) is 1.58. The van der Waals surface area contributed by atoms with E-state index in [9.17, 15) is 0 Å². The average Bonchev–Trinajstić information content (AvgIpc) is 2.66. The van der Waals surface area contributed by atoms with E-state index in [0.717, 1.165) is 12.8 Å². The minimum atomic E-state index is 1.06. The van der Waals surface area contributed by atoms with Gasteiger partial charge in [0, 0.05) is 0 Å². The van der Waals surface area contributed by atoms with Crippen LogP contribution in [0.25, 0.3) is 0 Å². The van der Waals surface area contributed by atoms with Gasteiger partial charge in [0.25, 0.3) is 0 Å². The van der Waals surface area contributed by atoms with Crippen molar-refractivity contribution in [3.8, 4) is 0 Å². The van der Waals surface area contributed by atoms with Crippen molar-refractivity contribution in [1.82, 2.24) is 9.80 Å². The number of rotatable bonds is 5. The Balaban J connectivity index is 2.30. The molecule has 0 amide bonds. The zero-order chi connectivity index (χ0) is 9.68. The van der Waals surface area contributed by atoms with Crippen LogP contribution in [0.2, 0.25) is 0 Å². The number of likely N-dealkylation sites (tertiary alicyclic amines) is 1. The summed E-state index contributed by atoms with van der Waals surface area (Å²) in [4.78, 5) is 4.88. The second-order valence-corrected chi connectivity index (χ2v) is 5.02. The number of nitrogens with zero attached hydrogens (tertiary/aromatic N) is 2. The molecule has 0 spiro atoms. The van der Waals surface area contributed by atoms with Gasteiger partial charge in [-0.15, -0.1) is 0 Å². The summed E-state index contributed by atoms with van der Waals surface area (Å²) in [6.45, 7) is 7.68. The van der Waals surface area contributed by atoms with Gasteiger partial charge in [-0.1, -0.05) is 0 Å². The first-order valence-corrected chi connectivity index (χ1v) is 8.34. The first-order valence-electron chi connectivity index (χ1n) is 4.77. The molecule has 2 nitrogen and oxygen atoms in total. The van der Waals surface area contributed by atoms with Gasteiger partial charge in [-0.3, -0.25) is 0 Å². The Morgan fingerprint density at radius 2 is 2.08 bits per heavy atom. The predicted molar refractivity (Wildman–Crippen MR) is 61.9 cm³/mol. The molecule has 0 aromatic rings. The summed E-state index contributed by atoms with van der Waals surface area (Å²) in [5.41, 5.74) is 1.32. The van der Waals surface area contributed by atoms with Crippen molar-refractivity contribution in [2.45, 2.75) is 12.8 Å². The minimum absolute atomic E-state index is 1.06. The van der Waals surface area contributed by atoms with Crippen molar-refractivity contribution in [1.29, 1.82) is 0 Å². The fraction of sp³-hybridized carbons (Fsp3) is 0.778. The molecular formula is C9H18N2PPb. The summed E-state index contributed by atoms with van der Waals surface area (Å²) in [7, 11) is 2.80.